The van der Waals surface area contributed by atoms with Gasteiger partial charge in [0.15, 0.2) is 0 Å². The molecule has 1 N–H and O–H groups in total. The first kappa shape index (κ1) is 9.22. The quantitative estimate of drug-likeness (QED) is 0.629. The molecule has 0 aromatic rings. The molecule has 0 radical (unpaired) electrons. The molecule has 3 atom stereocenters. The molecular weight excluding hydrogens is 164 g/mol. The van der Waals surface area contributed by atoms with E-state index in [4.69, 9.17) is 4.74 Å². The van der Waals surface area contributed by atoms with Crippen LogP contribution in [0.1, 0.15) is 40.0 Å². The monoisotopic (exact) mass is 182 g/mol. The molecule has 2 aliphatic rings. The second-order valence-electron chi connectivity index (χ2n) is 4.99. The van der Waals surface area contributed by atoms with Gasteiger partial charge in [-0.3, -0.25) is 0 Å². The van der Waals surface area contributed by atoms with Gasteiger partial charge in [0.05, 0.1) is 16.8 Å². The summed E-state index contributed by atoms with van der Waals surface area (Å²) in [5.41, 5.74) is -1.01. The fourth-order valence-electron chi connectivity index (χ4n) is 2.76. The minimum absolute atomic E-state index is 0.238. The van der Waals surface area contributed by atoms with Crippen LogP contribution < -0.4 is 0 Å². The zero-order chi connectivity index (χ0) is 9.74. The molecule has 2 rings (SSSR count). The number of fused-ring (bicyclic) bond motifs is 2. The van der Waals surface area contributed by atoms with Crippen LogP contribution in [0.4, 0.5) is 0 Å². The van der Waals surface area contributed by atoms with Crippen LogP contribution in [-0.4, -0.2) is 21.9 Å². The molecule has 0 spiro atoms. The number of aliphatic hydroxyl groups is 1. The third kappa shape index (κ3) is 1.42. The average Bonchev–Trinajstić information content (AvgIpc) is 2.21. The molecule has 0 amide bonds. The lowest BCUT2D eigenvalue weighted by atomic mass is 9.79. The Morgan fingerprint density at radius 3 is 2.08 bits per heavy atom. The predicted molar refractivity (Wildman–Crippen MR) is 51.5 cm³/mol. The third-order valence-electron chi connectivity index (χ3n) is 3.27. The highest BCUT2D eigenvalue weighted by Gasteiger charge is 2.51. The lowest BCUT2D eigenvalue weighted by molar-refractivity contribution is -0.183. The highest BCUT2D eigenvalue weighted by atomic mass is 16.5. The summed E-state index contributed by atoms with van der Waals surface area (Å²) in [7, 11) is 0. The van der Waals surface area contributed by atoms with Crippen molar-refractivity contribution in [2.24, 2.45) is 0 Å². The molecule has 1 saturated heterocycles. The van der Waals surface area contributed by atoms with Crippen LogP contribution >= 0.6 is 0 Å². The first-order valence-corrected chi connectivity index (χ1v) is 5.02. The summed E-state index contributed by atoms with van der Waals surface area (Å²) >= 11 is 0. The minimum Gasteiger partial charge on any atom is -0.390 e. The van der Waals surface area contributed by atoms with Crippen LogP contribution in [0.25, 0.3) is 0 Å². The molecule has 74 valence electrons. The van der Waals surface area contributed by atoms with Gasteiger partial charge in [0, 0.05) is 12.8 Å². The summed E-state index contributed by atoms with van der Waals surface area (Å²) in [6, 6.07) is 0. The van der Waals surface area contributed by atoms with Gasteiger partial charge in [0.1, 0.15) is 0 Å². The molecule has 2 heteroatoms. The molecular formula is C11H18O2. The lowest BCUT2D eigenvalue weighted by Gasteiger charge is -2.45. The molecule has 2 bridgehead atoms. The maximum Gasteiger partial charge on any atom is 0.0874 e. The topological polar surface area (TPSA) is 29.5 Å². The summed E-state index contributed by atoms with van der Waals surface area (Å²) in [5, 5.41) is 10.3. The molecule has 0 aliphatic carbocycles. The predicted octanol–water partition coefficient (Wildman–Crippen LogP) is 2.03. The van der Waals surface area contributed by atoms with Crippen LogP contribution in [0.5, 0.6) is 0 Å². The van der Waals surface area contributed by atoms with E-state index in [-0.39, 0.29) is 11.2 Å². The van der Waals surface area contributed by atoms with Crippen LogP contribution in [0, 0.1) is 0 Å². The summed E-state index contributed by atoms with van der Waals surface area (Å²) in [6.07, 6.45) is 6.45. The molecule has 0 saturated carbocycles. The van der Waals surface area contributed by atoms with E-state index in [0.29, 0.717) is 0 Å². The van der Waals surface area contributed by atoms with Crippen LogP contribution in [-0.2, 0) is 4.74 Å². The number of hydrogen-bond acceptors (Lipinski definition) is 2. The smallest absolute Gasteiger partial charge is 0.0874 e. The van der Waals surface area contributed by atoms with Gasteiger partial charge in [-0.2, -0.15) is 0 Å². The molecule has 1 fully saturated rings. The fourth-order valence-corrected chi connectivity index (χ4v) is 2.76. The molecule has 0 aromatic heterocycles. The van der Waals surface area contributed by atoms with Gasteiger partial charge < -0.3 is 9.84 Å². The standard InChI is InChI=1S/C11H18O2/c1-4-11(12)7-9(2)5-6-10(3,8-11)13-9/h5-6,12H,4,7-8H2,1-3H3/t9-,10+,11+. The van der Waals surface area contributed by atoms with E-state index in [2.05, 4.69) is 26.0 Å². The van der Waals surface area contributed by atoms with Gasteiger partial charge in [-0.05, 0) is 20.3 Å². The second-order valence-corrected chi connectivity index (χ2v) is 4.99. The lowest BCUT2D eigenvalue weighted by Crippen LogP contribution is -2.51. The van der Waals surface area contributed by atoms with E-state index in [1.807, 2.05) is 6.92 Å². The van der Waals surface area contributed by atoms with Crippen LogP contribution in [0.3, 0.4) is 0 Å². The summed E-state index contributed by atoms with van der Waals surface area (Å²) in [4.78, 5) is 0. The first-order chi connectivity index (χ1) is 5.89. The normalized spacial score (nSPS) is 54.2. The second kappa shape index (κ2) is 2.37. The Balaban J connectivity index is 2.29. The molecule has 0 aromatic carbocycles. The largest absolute Gasteiger partial charge is 0.390 e. The van der Waals surface area contributed by atoms with Crippen molar-refractivity contribution in [3.8, 4) is 0 Å². The van der Waals surface area contributed by atoms with Crippen LogP contribution in [0.2, 0.25) is 0 Å². The van der Waals surface area contributed by atoms with E-state index >= 15 is 0 Å². The van der Waals surface area contributed by atoms with Crippen molar-refractivity contribution < 1.29 is 9.84 Å². The summed E-state index contributed by atoms with van der Waals surface area (Å²) in [5.74, 6) is 0. The Morgan fingerprint density at radius 2 is 1.69 bits per heavy atom. The fraction of sp³-hybridized carbons (Fsp3) is 0.818. The number of ether oxygens (including phenoxy) is 1. The third-order valence-corrected chi connectivity index (χ3v) is 3.27. The van der Waals surface area contributed by atoms with Crippen molar-refractivity contribution in [3.63, 3.8) is 0 Å². The Morgan fingerprint density at radius 1 is 1.23 bits per heavy atom. The highest BCUT2D eigenvalue weighted by molar-refractivity contribution is 5.22. The molecule has 2 nitrogen and oxygen atoms in total. The van der Waals surface area contributed by atoms with Crippen molar-refractivity contribution in [3.05, 3.63) is 12.2 Å². The minimum atomic E-state index is -0.536. The zero-order valence-corrected chi connectivity index (χ0v) is 8.63. The van der Waals surface area contributed by atoms with E-state index in [1.165, 1.54) is 0 Å². The van der Waals surface area contributed by atoms with Gasteiger partial charge in [-0.15, -0.1) is 0 Å². The molecule has 0 unspecified atom stereocenters. The van der Waals surface area contributed by atoms with Crippen molar-refractivity contribution >= 4 is 0 Å². The van der Waals surface area contributed by atoms with E-state index in [1.54, 1.807) is 0 Å². The van der Waals surface area contributed by atoms with Crippen molar-refractivity contribution in [1.82, 2.24) is 0 Å². The van der Waals surface area contributed by atoms with Gasteiger partial charge in [-0.1, -0.05) is 19.1 Å². The van der Waals surface area contributed by atoms with Crippen molar-refractivity contribution in [2.75, 3.05) is 0 Å². The maximum absolute atomic E-state index is 10.3. The maximum atomic E-state index is 10.3. The van der Waals surface area contributed by atoms with Crippen molar-refractivity contribution in [1.29, 1.82) is 0 Å². The Kier molecular flexibility index (Phi) is 1.68. The number of rotatable bonds is 1. The van der Waals surface area contributed by atoms with Crippen LogP contribution in [0.15, 0.2) is 12.2 Å². The molecule has 2 aliphatic heterocycles. The van der Waals surface area contributed by atoms with E-state index < -0.39 is 5.60 Å². The van der Waals surface area contributed by atoms with Gasteiger partial charge >= 0.3 is 0 Å². The van der Waals surface area contributed by atoms with Gasteiger partial charge in [0.2, 0.25) is 0 Å². The Hall–Kier alpha value is -0.340. The average molecular weight is 182 g/mol. The highest BCUT2D eigenvalue weighted by Crippen LogP contribution is 2.48. The summed E-state index contributed by atoms with van der Waals surface area (Å²) in [6.45, 7) is 6.14. The molecule has 13 heavy (non-hydrogen) atoms. The first-order valence-electron chi connectivity index (χ1n) is 5.02. The van der Waals surface area contributed by atoms with E-state index in [0.717, 1.165) is 19.3 Å². The Bertz CT molecular complexity index is 239. The molecule has 2 heterocycles. The van der Waals surface area contributed by atoms with Gasteiger partial charge in [-0.25, -0.2) is 0 Å². The SMILES string of the molecule is CC[C@@]1(O)C[C@]2(C)C=C[C@](C)(C1)O2. The van der Waals surface area contributed by atoms with Gasteiger partial charge in [0.25, 0.3) is 0 Å². The zero-order valence-electron chi connectivity index (χ0n) is 8.63. The summed E-state index contributed by atoms with van der Waals surface area (Å²) < 4.78 is 5.90. The van der Waals surface area contributed by atoms with Crippen molar-refractivity contribution in [2.45, 2.75) is 56.8 Å². The van der Waals surface area contributed by atoms with E-state index in [9.17, 15) is 5.11 Å². The Labute approximate surface area is 79.6 Å². The number of hydrogen-bond donors (Lipinski definition) is 1.